The lowest BCUT2D eigenvalue weighted by Gasteiger charge is -2.34. The summed E-state index contributed by atoms with van der Waals surface area (Å²) >= 11 is 0. The number of hydrogen-bond acceptors (Lipinski definition) is 1. The number of rotatable bonds is 3. The smallest absolute Gasteiger partial charge is 0.0637 e. The lowest BCUT2D eigenvalue weighted by molar-refractivity contribution is 0.497. The molecular formula is C38H37N3. The molecule has 0 atom stereocenters. The Hall–Kier alpha value is -4.24. The largest absolute Gasteiger partial charge is 0.348 e. The van der Waals surface area contributed by atoms with Crippen LogP contribution in [-0.2, 0) is 6.42 Å². The first-order valence-electron chi connectivity index (χ1n) is 15.3. The molecule has 3 heteroatoms. The lowest BCUT2D eigenvalue weighted by atomic mass is 9.87. The van der Waals surface area contributed by atoms with Gasteiger partial charge in [0.2, 0.25) is 0 Å². The number of likely N-dealkylation sites (N-methyl/N-ethyl adjacent to an activating group) is 1. The summed E-state index contributed by atoms with van der Waals surface area (Å²) in [7, 11) is 2.25. The van der Waals surface area contributed by atoms with Gasteiger partial charge in [-0.25, -0.2) is 0 Å². The van der Waals surface area contributed by atoms with Crippen molar-refractivity contribution in [1.82, 2.24) is 14.0 Å². The summed E-state index contributed by atoms with van der Waals surface area (Å²) in [6, 6.07) is 4.80. The summed E-state index contributed by atoms with van der Waals surface area (Å²) in [6.07, 6.45) is 35.7. The number of fused-ring (bicyclic) bond motifs is 10. The maximum atomic E-state index is 2.56. The molecule has 204 valence electrons. The first-order valence-corrected chi connectivity index (χ1v) is 15.3. The molecule has 3 heterocycles. The molecule has 0 radical (unpaired) electrons. The van der Waals surface area contributed by atoms with E-state index in [2.05, 4.69) is 120 Å². The van der Waals surface area contributed by atoms with Crippen LogP contribution in [0.2, 0.25) is 0 Å². The summed E-state index contributed by atoms with van der Waals surface area (Å²) in [5.41, 5.74) is 16.5. The molecule has 41 heavy (non-hydrogen) atoms. The van der Waals surface area contributed by atoms with E-state index in [0.29, 0.717) is 0 Å². The summed E-state index contributed by atoms with van der Waals surface area (Å²) in [5, 5.41) is 2.73. The molecular weight excluding hydrogens is 498 g/mol. The summed E-state index contributed by atoms with van der Waals surface area (Å²) in [4.78, 5) is 2.43. The third-order valence-electron chi connectivity index (χ3n) is 9.55. The van der Waals surface area contributed by atoms with Crippen LogP contribution in [0.3, 0.4) is 0 Å². The zero-order valence-corrected chi connectivity index (χ0v) is 24.4. The van der Waals surface area contributed by atoms with Crippen molar-refractivity contribution in [3.05, 3.63) is 112 Å². The highest BCUT2D eigenvalue weighted by Crippen LogP contribution is 2.47. The Morgan fingerprint density at radius 1 is 0.902 bits per heavy atom. The number of hydrogen-bond donors (Lipinski definition) is 0. The van der Waals surface area contributed by atoms with E-state index < -0.39 is 0 Å². The second-order valence-electron chi connectivity index (χ2n) is 11.9. The topological polar surface area (TPSA) is 13.1 Å². The number of allylic oxidation sites excluding steroid dienone is 13. The third kappa shape index (κ3) is 3.58. The van der Waals surface area contributed by atoms with Crippen LogP contribution in [0.4, 0.5) is 0 Å². The van der Waals surface area contributed by atoms with Crippen LogP contribution in [0, 0.1) is 0 Å². The van der Waals surface area contributed by atoms with Gasteiger partial charge in [-0.3, -0.25) is 0 Å². The molecule has 0 fully saturated rings. The second-order valence-corrected chi connectivity index (χ2v) is 11.9. The first kappa shape index (κ1) is 24.5. The Labute approximate surface area is 242 Å². The fourth-order valence-electron chi connectivity index (χ4n) is 7.63. The Morgan fingerprint density at radius 2 is 1.76 bits per heavy atom. The van der Waals surface area contributed by atoms with Gasteiger partial charge in [-0.05, 0) is 100.0 Å². The van der Waals surface area contributed by atoms with Crippen molar-refractivity contribution in [2.45, 2.75) is 58.8 Å². The molecule has 0 saturated carbocycles. The van der Waals surface area contributed by atoms with Crippen LogP contribution in [0.1, 0.15) is 74.9 Å². The molecule has 1 aromatic carbocycles. The molecule has 0 spiro atoms. The number of nitrogens with zero attached hydrogens (tertiary/aromatic N) is 3. The monoisotopic (exact) mass is 535 g/mol. The Balaban J connectivity index is 1.51. The zero-order valence-electron chi connectivity index (χ0n) is 24.4. The highest BCUT2D eigenvalue weighted by atomic mass is 15.1. The van der Waals surface area contributed by atoms with Crippen LogP contribution < -0.4 is 0 Å². The molecule has 0 N–H and O–H groups in total. The second kappa shape index (κ2) is 9.41. The van der Waals surface area contributed by atoms with E-state index in [1.807, 2.05) is 0 Å². The van der Waals surface area contributed by atoms with Gasteiger partial charge in [0, 0.05) is 63.8 Å². The fourth-order valence-corrected chi connectivity index (χ4v) is 7.63. The van der Waals surface area contributed by atoms with E-state index >= 15 is 0 Å². The number of aromatic nitrogens is 2. The minimum absolute atomic E-state index is 0.994. The van der Waals surface area contributed by atoms with Gasteiger partial charge in [0.15, 0.2) is 0 Å². The average molecular weight is 536 g/mol. The van der Waals surface area contributed by atoms with Gasteiger partial charge >= 0.3 is 0 Å². The van der Waals surface area contributed by atoms with Crippen molar-refractivity contribution < 1.29 is 0 Å². The maximum Gasteiger partial charge on any atom is 0.0637 e. The molecule has 0 amide bonds. The Bertz CT molecular complexity index is 1930. The van der Waals surface area contributed by atoms with Crippen LogP contribution in [-0.4, -0.2) is 21.1 Å². The molecule has 2 bridgehead atoms. The molecule has 1 aliphatic heterocycles. The van der Waals surface area contributed by atoms with Crippen molar-refractivity contribution in [1.29, 1.82) is 0 Å². The van der Waals surface area contributed by atoms with Gasteiger partial charge in [-0.1, -0.05) is 48.6 Å². The predicted octanol–water partition coefficient (Wildman–Crippen LogP) is 9.86. The molecule has 2 aromatic heterocycles. The minimum Gasteiger partial charge on any atom is -0.348 e. The van der Waals surface area contributed by atoms with Crippen LogP contribution >= 0.6 is 0 Å². The molecule has 3 aromatic rings. The highest BCUT2D eigenvalue weighted by Gasteiger charge is 2.31. The van der Waals surface area contributed by atoms with Gasteiger partial charge in [-0.15, -0.1) is 0 Å². The lowest BCUT2D eigenvalue weighted by Crippen LogP contribution is -2.24. The van der Waals surface area contributed by atoms with Crippen molar-refractivity contribution in [3.63, 3.8) is 0 Å². The van der Waals surface area contributed by atoms with E-state index in [-0.39, 0.29) is 0 Å². The van der Waals surface area contributed by atoms with Gasteiger partial charge in [0.05, 0.1) is 16.7 Å². The number of benzene rings is 1. The Kier molecular flexibility index (Phi) is 5.63. The van der Waals surface area contributed by atoms with Gasteiger partial charge in [0.1, 0.15) is 0 Å². The summed E-state index contributed by atoms with van der Waals surface area (Å²) in [5.74, 6) is 0. The van der Waals surface area contributed by atoms with E-state index in [0.717, 1.165) is 44.9 Å². The third-order valence-corrected chi connectivity index (χ3v) is 9.55. The summed E-state index contributed by atoms with van der Waals surface area (Å²) in [6.45, 7) is 4.36. The molecule has 4 aliphatic carbocycles. The molecule has 5 aliphatic rings. The molecule has 0 unspecified atom stereocenters. The van der Waals surface area contributed by atoms with Crippen molar-refractivity contribution in [2.75, 3.05) is 7.05 Å². The van der Waals surface area contributed by atoms with E-state index in [9.17, 15) is 0 Å². The summed E-state index contributed by atoms with van der Waals surface area (Å²) < 4.78 is 5.11. The SMILES string of the molecule is C/C=C\C=C(/C)n1c2c(c3ccc4c(c5c(n4C4=CCCC=C4)CCC=C5)c31)C=C1CC(=C2)N(C)C2=C1CCC=C2. The zero-order chi connectivity index (χ0) is 27.7. The van der Waals surface area contributed by atoms with Crippen molar-refractivity contribution in [2.24, 2.45) is 0 Å². The predicted molar refractivity (Wildman–Crippen MR) is 176 cm³/mol. The molecule has 3 nitrogen and oxygen atoms in total. The van der Waals surface area contributed by atoms with Crippen LogP contribution in [0.5, 0.6) is 0 Å². The fraction of sp³-hybridized carbons (Fsp3) is 0.263. The van der Waals surface area contributed by atoms with E-state index in [4.69, 9.17) is 0 Å². The van der Waals surface area contributed by atoms with Crippen molar-refractivity contribution in [3.8, 4) is 0 Å². The molecule has 8 rings (SSSR count). The van der Waals surface area contributed by atoms with Gasteiger partial charge in [0.25, 0.3) is 0 Å². The normalized spacial score (nSPS) is 19.9. The minimum atomic E-state index is 0.994. The van der Waals surface area contributed by atoms with Gasteiger partial charge in [-0.2, -0.15) is 0 Å². The highest BCUT2D eigenvalue weighted by molar-refractivity contribution is 6.15. The van der Waals surface area contributed by atoms with Gasteiger partial charge < -0.3 is 14.0 Å². The van der Waals surface area contributed by atoms with E-state index in [1.54, 1.807) is 0 Å². The van der Waals surface area contributed by atoms with Crippen LogP contribution in [0.25, 0.3) is 51.4 Å². The van der Waals surface area contributed by atoms with Crippen molar-refractivity contribution >= 4 is 51.4 Å². The molecule has 0 saturated heterocycles. The average Bonchev–Trinajstić information content (AvgIpc) is 3.44. The first-order chi connectivity index (χ1) is 20.2. The van der Waals surface area contributed by atoms with Crippen LogP contribution in [0.15, 0.2) is 89.4 Å². The van der Waals surface area contributed by atoms with E-state index in [1.165, 1.54) is 78.3 Å². The quantitative estimate of drug-likeness (QED) is 0.304. The Morgan fingerprint density at radius 3 is 2.61 bits per heavy atom. The maximum absolute atomic E-state index is 2.56. The standard InChI is InChI=1S/C38H37N3/c1-4-5-13-25(2)40-36-24-28-22-26(29-16-9-11-18-33(29)39(28)3)23-32(36)30-20-21-35-37(38(30)40)31-17-10-12-19-34(31)41(35)27-14-7-6-8-15-27/h4-5,7,10-11,13-15,17-18,20-21,23-24H,6,8-9,12,16,19,22H2,1-3H3/b5-4-,25-13+.